The highest BCUT2D eigenvalue weighted by Crippen LogP contribution is 2.02. The Morgan fingerprint density at radius 3 is 2.47 bits per heavy atom. The molecule has 0 aromatic rings. The first kappa shape index (κ1) is 15.9. The molecule has 0 amide bonds. The van der Waals surface area contributed by atoms with Crippen LogP contribution in [-0.4, -0.2) is 47.9 Å². The second-order valence-corrected chi connectivity index (χ2v) is 4.88. The quantitative estimate of drug-likeness (QED) is 0.237. The molecule has 0 aliphatic carbocycles. The maximum atomic E-state index is 11.1. The highest BCUT2D eigenvalue weighted by Gasteiger charge is 2.14. The van der Waals surface area contributed by atoms with Crippen molar-refractivity contribution < 1.29 is 19.0 Å². The minimum Gasteiger partial charge on any atom is -0.469 e. The monoisotopic (exact) mass is 442 g/mol. The molecule has 4 nitrogen and oxygen atoms in total. The summed E-state index contributed by atoms with van der Waals surface area (Å²) in [6, 6.07) is 0. The summed E-state index contributed by atoms with van der Waals surface area (Å²) in [4.78, 5) is 11.1. The molecule has 0 saturated heterocycles. The lowest BCUT2D eigenvalue weighted by atomic mass is 10.2. The second-order valence-electron chi connectivity index (χ2n) is 2.73. The van der Waals surface area contributed by atoms with Crippen molar-refractivity contribution in [1.29, 1.82) is 0 Å². The highest BCUT2D eigenvalue weighted by atomic mass is 127. The molecule has 0 N–H and O–H groups in total. The van der Waals surface area contributed by atoms with E-state index in [4.69, 9.17) is 9.47 Å². The van der Waals surface area contributed by atoms with Gasteiger partial charge in [0.05, 0.1) is 39.5 Å². The average molecular weight is 442 g/mol. The molecule has 0 rings (SSSR count). The number of hydrogen-bond donors (Lipinski definition) is 0. The Hall–Kier alpha value is 0.850. The molecule has 0 heterocycles. The lowest BCUT2D eigenvalue weighted by molar-refractivity contribution is -0.145. The van der Waals surface area contributed by atoms with E-state index in [0.717, 1.165) is 8.86 Å². The summed E-state index contributed by atoms with van der Waals surface area (Å²) in [5, 5.41) is 0. The SMILES string of the molecule is COC(=O)CC(COCCI)OCCI. The predicted molar refractivity (Wildman–Crippen MR) is 75.0 cm³/mol. The van der Waals surface area contributed by atoms with Crippen molar-refractivity contribution in [1.82, 2.24) is 0 Å². The molecule has 0 aliphatic rings. The Morgan fingerprint density at radius 1 is 1.27 bits per heavy atom. The lowest BCUT2D eigenvalue weighted by Gasteiger charge is -2.16. The van der Waals surface area contributed by atoms with E-state index < -0.39 is 0 Å². The standard InChI is InChI=1S/C9H16I2O4/c1-13-9(12)6-8(15-5-3-11)7-14-4-2-10/h8H,2-7H2,1H3. The minimum absolute atomic E-state index is 0.185. The summed E-state index contributed by atoms with van der Waals surface area (Å²) in [5.41, 5.74) is 0. The van der Waals surface area contributed by atoms with Gasteiger partial charge in [0.1, 0.15) is 0 Å². The van der Waals surface area contributed by atoms with E-state index in [2.05, 4.69) is 49.9 Å². The van der Waals surface area contributed by atoms with Gasteiger partial charge in [-0.05, 0) is 0 Å². The smallest absolute Gasteiger partial charge is 0.308 e. The van der Waals surface area contributed by atoms with E-state index in [-0.39, 0.29) is 18.5 Å². The molecule has 90 valence electrons. The van der Waals surface area contributed by atoms with E-state index in [0.29, 0.717) is 19.8 Å². The summed E-state index contributed by atoms with van der Waals surface area (Å²) in [5.74, 6) is -0.258. The molecule has 1 atom stereocenters. The van der Waals surface area contributed by atoms with Gasteiger partial charge in [0.25, 0.3) is 0 Å². The third kappa shape index (κ3) is 9.76. The largest absolute Gasteiger partial charge is 0.469 e. The molecule has 0 saturated carbocycles. The third-order valence-corrected chi connectivity index (χ3v) is 2.46. The molecule has 0 bridgehead atoms. The molecule has 0 fully saturated rings. The van der Waals surface area contributed by atoms with Gasteiger partial charge in [0.15, 0.2) is 0 Å². The van der Waals surface area contributed by atoms with Gasteiger partial charge in [-0.2, -0.15) is 0 Å². The number of rotatable bonds is 9. The van der Waals surface area contributed by atoms with Crippen LogP contribution in [0.5, 0.6) is 0 Å². The summed E-state index contributed by atoms with van der Waals surface area (Å²) in [6.45, 7) is 1.77. The Kier molecular flexibility index (Phi) is 12.0. The van der Waals surface area contributed by atoms with Crippen LogP contribution in [-0.2, 0) is 19.0 Å². The summed E-state index contributed by atoms with van der Waals surface area (Å²) in [7, 11) is 1.38. The molecule has 0 spiro atoms. The highest BCUT2D eigenvalue weighted by molar-refractivity contribution is 14.1. The Labute approximate surface area is 118 Å². The molecule has 6 heteroatoms. The fraction of sp³-hybridized carbons (Fsp3) is 0.889. The van der Waals surface area contributed by atoms with Gasteiger partial charge >= 0.3 is 5.97 Å². The van der Waals surface area contributed by atoms with E-state index in [1.54, 1.807) is 0 Å². The van der Waals surface area contributed by atoms with Crippen molar-refractivity contribution in [3.63, 3.8) is 0 Å². The molecule has 15 heavy (non-hydrogen) atoms. The number of carbonyl (C=O) groups excluding carboxylic acids is 1. The van der Waals surface area contributed by atoms with Crippen molar-refractivity contribution in [3.05, 3.63) is 0 Å². The summed E-state index contributed by atoms with van der Waals surface area (Å²) in [6.07, 6.45) is 0.0733. The first-order valence-electron chi connectivity index (χ1n) is 4.62. The first-order chi connectivity index (χ1) is 7.24. The predicted octanol–water partition coefficient (Wildman–Crippen LogP) is 1.82. The van der Waals surface area contributed by atoms with Gasteiger partial charge in [0.2, 0.25) is 0 Å². The second kappa shape index (κ2) is 11.3. The molecule has 0 aromatic heterocycles. The number of ether oxygens (including phenoxy) is 3. The maximum Gasteiger partial charge on any atom is 0.308 e. The molecule has 0 aromatic carbocycles. The van der Waals surface area contributed by atoms with Crippen LogP contribution in [0.4, 0.5) is 0 Å². The molecule has 0 aliphatic heterocycles. The van der Waals surface area contributed by atoms with Crippen LogP contribution in [0.25, 0.3) is 0 Å². The van der Waals surface area contributed by atoms with Gasteiger partial charge < -0.3 is 14.2 Å². The Balaban J connectivity index is 3.77. The van der Waals surface area contributed by atoms with Crippen LogP contribution >= 0.6 is 45.2 Å². The van der Waals surface area contributed by atoms with Crippen LogP contribution in [0, 0.1) is 0 Å². The zero-order valence-corrected chi connectivity index (χ0v) is 13.0. The summed E-state index contributed by atoms with van der Waals surface area (Å²) < 4.78 is 17.3. The first-order valence-corrected chi connectivity index (χ1v) is 7.67. The maximum absolute atomic E-state index is 11.1. The Bertz CT molecular complexity index is 166. The third-order valence-electron chi connectivity index (χ3n) is 1.58. The van der Waals surface area contributed by atoms with Gasteiger partial charge in [-0.15, -0.1) is 0 Å². The van der Waals surface area contributed by atoms with E-state index in [9.17, 15) is 4.79 Å². The van der Waals surface area contributed by atoms with E-state index in [1.807, 2.05) is 0 Å². The fourth-order valence-corrected chi connectivity index (χ4v) is 1.48. The number of esters is 1. The molecule has 1 unspecified atom stereocenters. The zero-order chi connectivity index (χ0) is 11.5. The molecule has 0 radical (unpaired) electrons. The Morgan fingerprint density at radius 2 is 1.93 bits per heavy atom. The number of carbonyl (C=O) groups is 1. The van der Waals surface area contributed by atoms with E-state index >= 15 is 0 Å². The van der Waals surface area contributed by atoms with Crippen LogP contribution < -0.4 is 0 Å². The summed E-state index contributed by atoms with van der Waals surface area (Å²) >= 11 is 4.46. The fourth-order valence-electron chi connectivity index (χ4n) is 0.916. The van der Waals surface area contributed by atoms with Crippen molar-refractivity contribution in [2.75, 3.05) is 35.8 Å². The van der Waals surface area contributed by atoms with Crippen LogP contribution in [0.1, 0.15) is 6.42 Å². The molecular formula is C9H16I2O4. The van der Waals surface area contributed by atoms with Crippen molar-refractivity contribution in [3.8, 4) is 0 Å². The number of hydrogen-bond acceptors (Lipinski definition) is 4. The topological polar surface area (TPSA) is 44.8 Å². The van der Waals surface area contributed by atoms with Gasteiger partial charge in [0, 0.05) is 8.86 Å². The number of halogens is 2. The van der Waals surface area contributed by atoms with Crippen LogP contribution in [0.15, 0.2) is 0 Å². The van der Waals surface area contributed by atoms with Crippen molar-refractivity contribution in [2.24, 2.45) is 0 Å². The van der Waals surface area contributed by atoms with Crippen LogP contribution in [0.3, 0.4) is 0 Å². The number of methoxy groups -OCH3 is 1. The molecular weight excluding hydrogens is 426 g/mol. The van der Waals surface area contributed by atoms with Crippen LogP contribution in [0.2, 0.25) is 0 Å². The average Bonchev–Trinajstić information content (AvgIpc) is 2.25. The van der Waals surface area contributed by atoms with E-state index in [1.165, 1.54) is 7.11 Å². The van der Waals surface area contributed by atoms with Crippen molar-refractivity contribution in [2.45, 2.75) is 12.5 Å². The van der Waals surface area contributed by atoms with Gasteiger partial charge in [-0.1, -0.05) is 45.2 Å². The van der Waals surface area contributed by atoms with Gasteiger partial charge in [-0.25, -0.2) is 0 Å². The van der Waals surface area contributed by atoms with Crippen molar-refractivity contribution >= 4 is 51.2 Å². The minimum atomic E-state index is -0.258. The van der Waals surface area contributed by atoms with Gasteiger partial charge in [-0.3, -0.25) is 4.79 Å². The zero-order valence-electron chi connectivity index (χ0n) is 8.71. The normalized spacial score (nSPS) is 12.5. The number of alkyl halides is 2. The lowest BCUT2D eigenvalue weighted by Crippen LogP contribution is -2.25.